The fourth-order valence-electron chi connectivity index (χ4n) is 1.50. The summed E-state index contributed by atoms with van der Waals surface area (Å²) in [5, 5.41) is 0. The van der Waals surface area contributed by atoms with Crippen molar-refractivity contribution >= 4 is 20.8 Å². The van der Waals surface area contributed by atoms with E-state index in [-0.39, 0.29) is 9.64 Å². The van der Waals surface area contributed by atoms with Gasteiger partial charge >= 0.3 is 0 Å². The fraction of sp³-hybridized carbons (Fsp3) is 1.00. The maximum absolute atomic E-state index is 5.29. The molecule has 1 rings (SSSR count). The summed E-state index contributed by atoms with van der Waals surface area (Å²) < 4.78 is 3.47. The summed E-state index contributed by atoms with van der Waals surface area (Å²) in [6, 6.07) is 0.703. The first-order chi connectivity index (χ1) is 5.26. The van der Waals surface area contributed by atoms with Crippen molar-refractivity contribution in [3.63, 3.8) is 0 Å². The molecule has 0 aromatic rings. The van der Waals surface area contributed by atoms with Crippen LogP contribution < -0.4 is 4.72 Å². The van der Waals surface area contributed by atoms with E-state index in [2.05, 4.69) is 18.6 Å². The first kappa shape index (κ1) is 9.62. The van der Waals surface area contributed by atoms with Gasteiger partial charge in [-0.05, 0) is 29.9 Å². The lowest BCUT2D eigenvalue weighted by atomic mass is 9.98. The minimum absolute atomic E-state index is 0.0832. The van der Waals surface area contributed by atoms with Crippen molar-refractivity contribution in [2.24, 2.45) is 5.92 Å². The summed E-state index contributed by atoms with van der Waals surface area (Å²) in [5.41, 5.74) is 0. The summed E-state index contributed by atoms with van der Waals surface area (Å²) in [6.07, 6.45) is 3.88. The third kappa shape index (κ3) is 2.80. The van der Waals surface area contributed by atoms with Crippen molar-refractivity contribution in [2.75, 3.05) is 5.75 Å². The first-order valence-electron chi connectivity index (χ1n) is 4.40. The molecule has 0 aliphatic carbocycles. The Labute approximate surface area is 76.7 Å². The second-order valence-corrected chi connectivity index (χ2v) is 5.71. The van der Waals surface area contributed by atoms with Crippen LogP contribution in [0.2, 0.25) is 0 Å². The molecule has 0 aromatic carbocycles. The molecule has 66 valence electrons. The van der Waals surface area contributed by atoms with Gasteiger partial charge in [-0.1, -0.05) is 29.9 Å². The monoisotopic (exact) mass is 191 g/mol. The molecular weight excluding hydrogens is 174 g/mol. The number of hydrogen-bond acceptors (Lipinski definition) is 1. The van der Waals surface area contributed by atoms with Crippen molar-refractivity contribution in [1.29, 1.82) is 0 Å². The normalized spacial score (nSPS) is 38.9. The number of rotatable bonds is 2. The summed E-state index contributed by atoms with van der Waals surface area (Å²) in [5.74, 6) is 2.12. The standard InChI is InChI=1S/C8H17NS2/c1-3-7-5-8(4-2)9-11(10)6-7/h7-9H,3-6H2,1-2H3. The van der Waals surface area contributed by atoms with Crippen LogP contribution in [0.3, 0.4) is 0 Å². The first-order valence-corrected chi connectivity index (χ1v) is 6.72. The Balaban J connectivity index is 2.43. The van der Waals surface area contributed by atoms with Gasteiger partial charge in [0.15, 0.2) is 0 Å². The van der Waals surface area contributed by atoms with Gasteiger partial charge in [0, 0.05) is 11.8 Å². The molecule has 0 bridgehead atoms. The molecule has 1 N–H and O–H groups in total. The summed E-state index contributed by atoms with van der Waals surface area (Å²) in [6.45, 7) is 4.51. The molecule has 0 amide bonds. The molecule has 11 heavy (non-hydrogen) atoms. The average Bonchev–Trinajstić information content (AvgIpc) is 2.03. The molecule has 3 atom stereocenters. The molecule has 1 nitrogen and oxygen atoms in total. The molecule has 1 aliphatic heterocycles. The largest absolute Gasteiger partial charge is 0.258 e. The van der Waals surface area contributed by atoms with Gasteiger partial charge in [-0.2, -0.15) is 0 Å². The molecule has 1 fully saturated rings. The van der Waals surface area contributed by atoms with E-state index in [1.54, 1.807) is 0 Å². The molecule has 3 heteroatoms. The molecule has 0 spiro atoms. The third-order valence-corrected chi connectivity index (χ3v) is 4.44. The zero-order chi connectivity index (χ0) is 8.27. The number of nitrogens with one attached hydrogen (secondary N) is 1. The van der Waals surface area contributed by atoms with E-state index in [0.717, 1.165) is 5.92 Å². The Kier molecular flexibility index (Phi) is 3.96. The van der Waals surface area contributed by atoms with Crippen LogP contribution in [0.5, 0.6) is 0 Å². The summed E-state index contributed by atoms with van der Waals surface area (Å²) in [4.78, 5) is 0. The smallest absolute Gasteiger partial charge is 0.0174 e. The minimum atomic E-state index is 0.0832. The Hall–Kier alpha value is 0.530. The summed E-state index contributed by atoms with van der Waals surface area (Å²) >= 11 is 5.29. The molecule has 1 heterocycles. The summed E-state index contributed by atoms with van der Waals surface area (Å²) in [7, 11) is 0.0832. The Bertz CT molecular complexity index is 133. The van der Waals surface area contributed by atoms with Crippen molar-refractivity contribution in [2.45, 2.75) is 39.2 Å². The lowest BCUT2D eigenvalue weighted by molar-refractivity contribution is 0.417. The van der Waals surface area contributed by atoms with Gasteiger partial charge in [0.1, 0.15) is 0 Å². The predicted octanol–water partition coefficient (Wildman–Crippen LogP) is 1.78. The van der Waals surface area contributed by atoms with Crippen LogP contribution in [0, 0.1) is 5.92 Å². The SMILES string of the molecule is CCC1CC(CC)NS(=S)C1. The lowest BCUT2D eigenvalue weighted by Gasteiger charge is -2.29. The van der Waals surface area contributed by atoms with Crippen molar-refractivity contribution in [1.82, 2.24) is 4.72 Å². The number of hydrogen-bond donors (Lipinski definition) is 1. The average molecular weight is 191 g/mol. The van der Waals surface area contributed by atoms with Gasteiger partial charge in [0.2, 0.25) is 0 Å². The van der Waals surface area contributed by atoms with Crippen LogP contribution >= 0.6 is 0 Å². The maximum atomic E-state index is 5.29. The quantitative estimate of drug-likeness (QED) is 0.714. The van der Waals surface area contributed by atoms with Crippen molar-refractivity contribution in [3.05, 3.63) is 0 Å². The molecule has 1 aliphatic rings. The van der Waals surface area contributed by atoms with Crippen LogP contribution in [0.1, 0.15) is 33.1 Å². The van der Waals surface area contributed by atoms with Crippen molar-refractivity contribution in [3.8, 4) is 0 Å². The van der Waals surface area contributed by atoms with E-state index in [9.17, 15) is 0 Å². The molecule has 1 saturated heterocycles. The van der Waals surface area contributed by atoms with E-state index in [0.29, 0.717) is 6.04 Å². The third-order valence-electron chi connectivity index (χ3n) is 2.37. The van der Waals surface area contributed by atoms with E-state index in [1.807, 2.05) is 0 Å². The van der Waals surface area contributed by atoms with Gasteiger partial charge < -0.3 is 0 Å². The van der Waals surface area contributed by atoms with Gasteiger partial charge in [0.05, 0.1) is 0 Å². The Morgan fingerprint density at radius 3 is 2.73 bits per heavy atom. The second-order valence-electron chi connectivity index (χ2n) is 3.25. The maximum Gasteiger partial charge on any atom is 0.0174 e. The second kappa shape index (κ2) is 4.53. The van der Waals surface area contributed by atoms with E-state index >= 15 is 0 Å². The van der Waals surface area contributed by atoms with Crippen LogP contribution in [0.25, 0.3) is 0 Å². The van der Waals surface area contributed by atoms with Gasteiger partial charge in [-0.15, -0.1) is 0 Å². The highest BCUT2D eigenvalue weighted by Gasteiger charge is 2.20. The predicted molar refractivity (Wildman–Crippen MR) is 55.2 cm³/mol. The fourth-order valence-corrected chi connectivity index (χ4v) is 4.02. The molecular formula is C8H17NS2. The van der Waals surface area contributed by atoms with Crippen molar-refractivity contribution < 1.29 is 0 Å². The van der Waals surface area contributed by atoms with Gasteiger partial charge in [0.25, 0.3) is 0 Å². The van der Waals surface area contributed by atoms with E-state index in [4.69, 9.17) is 11.2 Å². The highest BCUT2D eigenvalue weighted by Crippen LogP contribution is 2.19. The van der Waals surface area contributed by atoms with Gasteiger partial charge in [-0.25, -0.2) is 0 Å². The molecule has 3 unspecified atom stereocenters. The zero-order valence-corrected chi connectivity index (χ0v) is 8.93. The van der Waals surface area contributed by atoms with Crippen LogP contribution in [-0.2, 0) is 20.8 Å². The molecule has 0 saturated carbocycles. The van der Waals surface area contributed by atoms with E-state index < -0.39 is 0 Å². The van der Waals surface area contributed by atoms with Crippen LogP contribution in [0.15, 0.2) is 0 Å². The highest BCUT2D eigenvalue weighted by atomic mass is 32.8. The lowest BCUT2D eigenvalue weighted by Crippen LogP contribution is -2.40. The van der Waals surface area contributed by atoms with Gasteiger partial charge in [-0.3, -0.25) is 4.72 Å². The molecule has 0 radical (unpaired) electrons. The minimum Gasteiger partial charge on any atom is -0.258 e. The van der Waals surface area contributed by atoms with E-state index in [1.165, 1.54) is 25.0 Å². The zero-order valence-electron chi connectivity index (χ0n) is 7.30. The van der Waals surface area contributed by atoms with Crippen LogP contribution in [0.4, 0.5) is 0 Å². The van der Waals surface area contributed by atoms with Crippen LogP contribution in [-0.4, -0.2) is 11.8 Å². The topological polar surface area (TPSA) is 12.0 Å². The highest BCUT2D eigenvalue weighted by molar-refractivity contribution is 8.27. The Morgan fingerprint density at radius 1 is 1.45 bits per heavy atom. The molecule has 0 aromatic heterocycles. The Morgan fingerprint density at radius 2 is 2.18 bits per heavy atom.